The summed E-state index contributed by atoms with van der Waals surface area (Å²) < 4.78 is 6.93. The largest absolute Gasteiger partial charge is 0.497 e. The van der Waals surface area contributed by atoms with Crippen molar-refractivity contribution in [3.8, 4) is 5.75 Å². The molecule has 0 radical (unpaired) electrons. The van der Waals surface area contributed by atoms with Crippen LogP contribution >= 0.6 is 0 Å². The van der Waals surface area contributed by atoms with Gasteiger partial charge in [0.05, 0.1) is 31.3 Å². The summed E-state index contributed by atoms with van der Waals surface area (Å²) in [5, 5.41) is 11.2. The zero-order valence-corrected chi connectivity index (χ0v) is 15.4. The summed E-state index contributed by atoms with van der Waals surface area (Å²) in [6.45, 7) is 0.640. The van der Waals surface area contributed by atoms with Gasteiger partial charge < -0.3 is 14.9 Å². The Morgan fingerprint density at radius 1 is 1.21 bits per heavy atom. The second-order valence-corrected chi connectivity index (χ2v) is 6.47. The molecular formula is C21H20N4O3. The van der Waals surface area contributed by atoms with E-state index in [0.29, 0.717) is 18.7 Å². The molecule has 4 rings (SSSR count). The number of amides is 1. The normalized spacial score (nSPS) is 15.6. The molecule has 1 aliphatic heterocycles. The summed E-state index contributed by atoms with van der Waals surface area (Å²) in [5.74, 6) is 0.525. The first-order chi connectivity index (χ1) is 13.7. The van der Waals surface area contributed by atoms with Crippen LogP contribution in [0.2, 0.25) is 0 Å². The first-order valence-electron chi connectivity index (χ1n) is 8.95. The highest BCUT2D eigenvalue weighted by Crippen LogP contribution is 2.20. The number of hydrogen-bond acceptors (Lipinski definition) is 5. The lowest BCUT2D eigenvalue weighted by atomic mass is 10.0. The molecule has 0 bridgehead atoms. The second-order valence-electron chi connectivity index (χ2n) is 6.47. The molecule has 7 heteroatoms. The molecule has 1 amide bonds. The van der Waals surface area contributed by atoms with Crippen molar-refractivity contribution < 1.29 is 14.4 Å². The maximum Gasteiger partial charge on any atom is 0.268 e. The molecular weight excluding hydrogens is 356 g/mol. The van der Waals surface area contributed by atoms with E-state index in [1.807, 2.05) is 54.6 Å². The predicted molar refractivity (Wildman–Crippen MR) is 105 cm³/mol. The Labute approximate surface area is 162 Å². The lowest BCUT2D eigenvalue weighted by Crippen LogP contribution is -2.27. The summed E-state index contributed by atoms with van der Waals surface area (Å²) >= 11 is 0. The van der Waals surface area contributed by atoms with Gasteiger partial charge in [-0.15, -0.1) is 0 Å². The van der Waals surface area contributed by atoms with E-state index >= 15 is 0 Å². The molecule has 142 valence electrons. The quantitative estimate of drug-likeness (QED) is 0.717. The molecule has 3 aromatic rings. The van der Waals surface area contributed by atoms with Crippen LogP contribution in [-0.2, 0) is 16.2 Å². The lowest BCUT2D eigenvalue weighted by Gasteiger charge is -2.07. The first-order valence-corrected chi connectivity index (χ1v) is 8.95. The molecule has 0 spiro atoms. The average Bonchev–Trinajstić information content (AvgIpc) is 3.39. The Bertz CT molecular complexity index is 980. The van der Waals surface area contributed by atoms with Crippen LogP contribution in [0.4, 0.5) is 5.69 Å². The van der Waals surface area contributed by atoms with Crippen molar-refractivity contribution in [1.82, 2.24) is 9.78 Å². The minimum absolute atomic E-state index is 0.244. The van der Waals surface area contributed by atoms with Crippen LogP contribution in [0.3, 0.4) is 0 Å². The Hall–Kier alpha value is -3.61. The molecule has 2 heterocycles. The maximum atomic E-state index is 12.5. The van der Waals surface area contributed by atoms with Gasteiger partial charge in [-0.05, 0) is 35.4 Å². The van der Waals surface area contributed by atoms with Crippen molar-refractivity contribution in [1.29, 1.82) is 0 Å². The summed E-state index contributed by atoms with van der Waals surface area (Å²) in [7, 11) is 1.62. The molecule has 0 aliphatic carbocycles. The van der Waals surface area contributed by atoms with E-state index in [1.165, 1.54) is 0 Å². The van der Waals surface area contributed by atoms with Crippen LogP contribution < -0.4 is 10.1 Å². The fourth-order valence-corrected chi connectivity index (χ4v) is 2.98. The Morgan fingerprint density at radius 3 is 2.75 bits per heavy atom. The highest BCUT2D eigenvalue weighted by atomic mass is 16.6. The van der Waals surface area contributed by atoms with Gasteiger partial charge in [0.2, 0.25) is 6.10 Å². The zero-order chi connectivity index (χ0) is 19.3. The summed E-state index contributed by atoms with van der Waals surface area (Å²) in [6, 6.07) is 17.5. The van der Waals surface area contributed by atoms with Crippen molar-refractivity contribution in [3.63, 3.8) is 0 Å². The fraction of sp³-hybridized carbons (Fsp3) is 0.190. The van der Waals surface area contributed by atoms with Gasteiger partial charge in [-0.3, -0.25) is 9.48 Å². The van der Waals surface area contributed by atoms with Crippen LogP contribution in [0, 0.1) is 0 Å². The number of nitrogens with zero attached hydrogens (tertiary/aromatic N) is 3. The highest BCUT2D eigenvalue weighted by Gasteiger charge is 2.29. The monoisotopic (exact) mass is 376 g/mol. The number of nitrogens with one attached hydrogen (secondary N) is 1. The molecule has 28 heavy (non-hydrogen) atoms. The van der Waals surface area contributed by atoms with Gasteiger partial charge in [0, 0.05) is 12.6 Å². The molecule has 0 saturated heterocycles. The fourth-order valence-electron chi connectivity index (χ4n) is 2.98. The first kappa shape index (κ1) is 17.8. The van der Waals surface area contributed by atoms with Crippen molar-refractivity contribution in [2.45, 2.75) is 19.1 Å². The molecule has 7 nitrogen and oxygen atoms in total. The number of benzene rings is 2. The Morgan fingerprint density at radius 2 is 2.00 bits per heavy atom. The number of aromatic nitrogens is 2. The smallest absolute Gasteiger partial charge is 0.268 e. The second kappa shape index (κ2) is 7.96. The lowest BCUT2D eigenvalue weighted by molar-refractivity contribution is -0.125. The van der Waals surface area contributed by atoms with Crippen LogP contribution in [0.15, 0.2) is 72.1 Å². The highest BCUT2D eigenvalue weighted by molar-refractivity contribution is 6.06. The molecule has 1 unspecified atom stereocenters. The maximum absolute atomic E-state index is 12.5. The van der Waals surface area contributed by atoms with Crippen molar-refractivity contribution in [2.24, 2.45) is 5.16 Å². The number of carbonyl (C=O) groups is 1. The molecule has 2 aromatic carbocycles. The van der Waals surface area contributed by atoms with Gasteiger partial charge in [-0.1, -0.05) is 35.5 Å². The number of hydrogen-bond donors (Lipinski definition) is 1. The van der Waals surface area contributed by atoms with Gasteiger partial charge in [0.15, 0.2) is 0 Å². The predicted octanol–water partition coefficient (Wildman–Crippen LogP) is 3.07. The van der Waals surface area contributed by atoms with Crippen molar-refractivity contribution in [2.75, 3.05) is 12.4 Å². The average molecular weight is 376 g/mol. The SMILES string of the molecule is COc1ccc(C2=NOC(C(=O)Nc3cnn(Cc4ccccc4)c3)C2)cc1. The third kappa shape index (κ3) is 4.03. The van der Waals surface area contributed by atoms with Crippen LogP contribution in [0.1, 0.15) is 17.5 Å². The number of oxime groups is 1. The van der Waals surface area contributed by atoms with E-state index in [2.05, 4.69) is 15.6 Å². The molecule has 1 aliphatic rings. The van der Waals surface area contributed by atoms with Crippen LogP contribution in [0.25, 0.3) is 0 Å². The van der Waals surface area contributed by atoms with E-state index < -0.39 is 6.10 Å². The van der Waals surface area contributed by atoms with E-state index in [-0.39, 0.29) is 5.91 Å². The van der Waals surface area contributed by atoms with E-state index in [4.69, 9.17) is 9.57 Å². The summed E-state index contributed by atoms with van der Waals surface area (Å²) in [4.78, 5) is 17.8. The molecule has 0 saturated carbocycles. The number of carbonyl (C=O) groups excluding carboxylic acids is 1. The Kier molecular flexibility index (Phi) is 5.05. The topological polar surface area (TPSA) is 77.7 Å². The summed E-state index contributed by atoms with van der Waals surface area (Å²) in [5.41, 5.74) is 3.41. The minimum Gasteiger partial charge on any atom is -0.497 e. The number of ether oxygens (including phenoxy) is 1. The van der Waals surface area contributed by atoms with E-state index in [0.717, 1.165) is 22.6 Å². The molecule has 1 atom stereocenters. The van der Waals surface area contributed by atoms with Gasteiger partial charge in [0.1, 0.15) is 5.75 Å². The van der Waals surface area contributed by atoms with Gasteiger partial charge >= 0.3 is 0 Å². The third-order valence-corrected chi connectivity index (χ3v) is 4.47. The number of methoxy groups -OCH3 is 1. The van der Waals surface area contributed by atoms with Crippen molar-refractivity contribution in [3.05, 3.63) is 78.1 Å². The summed E-state index contributed by atoms with van der Waals surface area (Å²) in [6.07, 6.45) is 3.18. The minimum atomic E-state index is -0.658. The van der Waals surface area contributed by atoms with E-state index in [9.17, 15) is 4.79 Å². The van der Waals surface area contributed by atoms with Crippen LogP contribution in [0.5, 0.6) is 5.75 Å². The molecule has 0 fully saturated rings. The third-order valence-electron chi connectivity index (χ3n) is 4.47. The number of rotatable bonds is 6. The van der Waals surface area contributed by atoms with Gasteiger partial charge in [0.25, 0.3) is 5.91 Å². The number of anilines is 1. The standard InChI is InChI=1S/C21H20N4O3/c1-27-18-9-7-16(8-10-18)19-11-20(28-24-19)21(26)23-17-12-22-25(14-17)13-15-5-3-2-4-6-15/h2-10,12,14,20H,11,13H2,1H3,(H,23,26). The van der Waals surface area contributed by atoms with Crippen LogP contribution in [-0.4, -0.2) is 34.6 Å². The van der Waals surface area contributed by atoms with Gasteiger partial charge in [-0.2, -0.15) is 5.10 Å². The molecule has 1 N–H and O–H groups in total. The van der Waals surface area contributed by atoms with Crippen molar-refractivity contribution >= 4 is 17.3 Å². The zero-order valence-electron chi connectivity index (χ0n) is 15.4. The molecule has 1 aromatic heterocycles. The van der Waals surface area contributed by atoms with Gasteiger partial charge in [-0.25, -0.2) is 0 Å². The Balaban J connectivity index is 1.33. The van der Waals surface area contributed by atoms with E-state index in [1.54, 1.807) is 24.2 Å².